The number of aliphatic imine (C=N–C) groups is 5. The Labute approximate surface area is 540 Å². The molecular weight excluding hydrogens is 1210 g/mol. The predicted molar refractivity (Wildman–Crippen MR) is 351 cm³/mol. The smallest absolute Gasteiger partial charge is 0.243 e. The number of hydrogen-bond acceptors (Lipinski definition) is 19. The number of carbonyl (C=O) groups excluding carboxylic acids is 9. The molecule has 1 heterocycles. The Kier molecular flexibility index (Phi) is 37.7. The fourth-order valence-electron chi connectivity index (χ4n) is 9.61. The van der Waals surface area contributed by atoms with Crippen molar-refractivity contribution >= 4 is 83.0 Å². The van der Waals surface area contributed by atoms with Crippen LogP contribution in [0.5, 0.6) is 5.75 Å². The molecule has 1 fully saturated rings. The maximum absolute atomic E-state index is 14.7. The van der Waals surface area contributed by atoms with E-state index >= 15 is 0 Å². The van der Waals surface area contributed by atoms with Crippen molar-refractivity contribution in [3.05, 3.63) is 29.8 Å². The van der Waals surface area contributed by atoms with Gasteiger partial charge in [0.15, 0.2) is 29.8 Å². The van der Waals surface area contributed by atoms with Gasteiger partial charge in [-0.1, -0.05) is 12.1 Å². The monoisotopic (exact) mass is 1310 g/mol. The quantitative estimate of drug-likeness (QED) is 0.0125. The summed E-state index contributed by atoms with van der Waals surface area (Å²) in [6.07, 6.45) is 0.927. The van der Waals surface area contributed by atoms with Gasteiger partial charge in [-0.2, -0.15) is 0 Å². The number of primary amides is 1. The molecule has 0 spiro atoms. The molecule has 9 amide bonds. The highest BCUT2D eigenvalue weighted by atomic mass is 16.3. The molecular formula is C55H102N28O10. The van der Waals surface area contributed by atoms with Gasteiger partial charge in [-0.3, -0.25) is 73.4 Å². The van der Waals surface area contributed by atoms with Crippen molar-refractivity contribution in [1.29, 1.82) is 0 Å². The van der Waals surface area contributed by atoms with Gasteiger partial charge in [0.05, 0.1) is 6.42 Å². The van der Waals surface area contributed by atoms with Crippen molar-refractivity contribution in [3.63, 3.8) is 0 Å². The van der Waals surface area contributed by atoms with Crippen LogP contribution >= 0.6 is 0 Å². The highest BCUT2D eigenvalue weighted by Crippen LogP contribution is 2.21. The topological polar surface area (TPSA) is 699 Å². The standard InChI is InChI=1S/C55H102N28O10/c56-22-2-1-10-34(82-49(93)40-17-9-29-83(40)41(85)30-31-18-20-32(84)21-19-31)44(88)78-36(13-5-25-72-52(62)63)46(90)80-38(15-7-27-74-54(66)67)48(92)81-39(16-8-28-75-55(68)69)47(91)79-37(14-6-26-73-53(64)65)45(89)77-35(12-4-24-71-51(60)61)43(87)76-33(42(57)86)11-3-23-70-50(58)59/h18-21,33-40,51,71,84H,1-17,22-30,56,60-61H2,(H2,57,86)(H,76,87)(H,77,89)(H,78,88)(H,79,91)(H,80,90)(H,81,92)(H,82,93)(H4,58,59,70)(H4,62,63,72)(H4,64,65,73)(H4,66,67,74)(H4,68,69,75)/t33-,34-,35-,36-,37-,38-,39-,40-/m0/s1. The molecule has 0 aliphatic carbocycles. The number of nitrogens with two attached hydrogens (primary N) is 14. The molecule has 2 rings (SSSR count). The molecule has 1 saturated heterocycles. The van der Waals surface area contributed by atoms with Gasteiger partial charge in [-0.15, -0.1) is 0 Å². The van der Waals surface area contributed by atoms with E-state index < -0.39 is 102 Å². The van der Waals surface area contributed by atoms with E-state index in [0.29, 0.717) is 31.2 Å². The number of unbranched alkanes of at least 4 members (excludes halogenated alkanes) is 1. The van der Waals surface area contributed by atoms with E-state index in [0.717, 1.165) is 0 Å². The van der Waals surface area contributed by atoms with Crippen LogP contribution in [0.1, 0.15) is 115 Å². The van der Waals surface area contributed by atoms with E-state index in [9.17, 15) is 48.3 Å². The average molecular weight is 1320 g/mol. The second-order valence-corrected chi connectivity index (χ2v) is 22.1. The number of carbonyl (C=O) groups is 9. The minimum Gasteiger partial charge on any atom is -0.508 e. The summed E-state index contributed by atoms with van der Waals surface area (Å²) in [6, 6.07) is -4.51. The van der Waals surface area contributed by atoms with Crippen molar-refractivity contribution in [3.8, 4) is 5.75 Å². The summed E-state index contributed by atoms with van der Waals surface area (Å²) in [4.78, 5) is 148. The Morgan fingerprint density at radius 1 is 0.452 bits per heavy atom. The van der Waals surface area contributed by atoms with Crippen molar-refractivity contribution in [2.24, 2.45) is 105 Å². The van der Waals surface area contributed by atoms with E-state index in [1.54, 1.807) is 12.1 Å². The van der Waals surface area contributed by atoms with Crippen LogP contribution in [-0.4, -0.2) is 200 Å². The van der Waals surface area contributed by atoms with Gasteiger partial charge in [-0.25, -0.2) is 0 Å². The summed E-state index contributed by atoms with van der Waals surface area (Å²) in [5.41, 5.74) is 78.9. The first kappa shape index (κ1) is 79.5. The number of nitrogens with zero attached hydrogens (tertiary/aromatic N) is 6. The van der Waals surface area contributed by atoms with E-state index in [4.69, 9.17) is 80.3 Å². The lowest BCUT2D eigenvalue weighted by Crippen LogP contribution is -2.60. The molecule has 0 radical (unpaired) electrons. The molecule has 1 aromatic rings. The van der Waals surface area contributed by atoms with Crippen molar-refractivity contribution < 1.29 is 48.3 Å². The predicted octanol–water partition coefficient (Wildman–Crippen LogP) is -9.23. The lowest BCUT2D eigenvalue weighted by Gasteiger charge is -2.29. The van der Waals surface area contributed by atoms with Crippen LogP contribution in [0.3, 0.4) is 0 Å². The molecule has 0 aromatic heterocycles. The summed E-state index contributed by atoms with van der Waals surface area (Å²) in [5.74, 6) is -8.25. The minimum absolute atomic E-state index is 0.00849. The highest BCUT2D eigenvalue weighted by molar-refractivity contribution is 5.98. The number of phenols is 1. The number of amides is 9. The highest BCUT2D eigenvalue weighted by Gasteiger charge is 2.38. The number of hydrogen-bond donors (Lipinski definition) is 23. The number of aromatic hydroxyl groups is 1. The van der Waals surface area contributed by atoms with Gasteiger partial charge in [0.2, 0.25) is 53.2 Å². The molecule has 1 aliphatic heterocycles. The van der Waals surface area contributed by atoms with Gasteiger partial charge in [0, 0.05) is 39.3 Å². The van der Waals surface area contributed by atoms with Gasteiger partial charge in [0.25, 0.3) is 0 Å². The molecule has 93 heavy (non-hydrogen) atoms. The summed E-state index contributed by atoms with van der Waals surface area (Å²) in [5, 5.41) is 31.3. The van der Waals surface area contributed by atoms with Gasteiger partial charge < -0.3 is 127 Å². The molecule has 38 heteroatoms. The third-order valence-electron chi connectivity index (χ3n) is 14.3. The maximum Gasteiger partial charge on any atom is 0.243 e. The first-order valence-corrected chi connectivity index (χ1v) is 30.8. The SMILES string of the molecule is NCCCC[C@H](NC(=O)[C@@H]1CCCN1C(=O)Cc1ccc(O)cc1)C(=O)N[C@@H](CCCN=C(N)N)C(=O)N[C@@H](CCCN=C(N)N)C(=O)N[C@@H](CCCN=C(N)N)C(=O)N[C@@H](CCCN=C(N)N)C(=O)N[C@@H](CCCNC(N)N)C(=O)N[C@@H](CCCN=C(N)N)C(N)=O. The molecule has 522 valence electrons. The third kappa shape index (κ3) is 33.9. The first-order valence-electron chi connectivity index (χ1n) is 30.8. The first-order chi connectivity index (χ1) is 44.1. The van der Waals surface area contributed by atoms with Gasteiger partial charge in [0.1, 0.15) is 60.4 Å². The van der Waals surface area contributed by atoms with E-state index in [-0.39, 0.29) is 184 Å². The number of likely N-dealkylation sites (tertiary alicyclic amines) is 1. The fraction of sp³-hybridized carbons (Fsp3) is 0.636. The Morgan fingerprint density at radius 3 is 1.11 bits per heavy atom. The normalized spacial score (nSPS) is 14.8. The Morgan fingerprint density at radius 2 is 0.774 bits per heavy atom. The Balaban J connectivity index is 2.62. The number of nitrogens with one attached hydrogen (secondary N) is 8. The van der Waals surface area contributed by atoms with Crippen LogP contribution in [0.25, 0.3) is 0 Å². The van der Waals surface area contributed by atoms with Crippen LogP contribution in [0, 0.1) is 0 Å². The van der Waals surface area contributed by atoms with E-state index in [1.165, 1.54) is 17.0 Å². The molecule has 0 saturated carbocycles. The molecule has 1 aromatic carbocycles. The Bertz CT molecular complexity index is 2690. The molecule has 1 aliphatic rings. The van der Waals surface area contributed by atoms with E-state index in [1.807, 2.05) is 0 Å². The zero-order chi connectivity index (χ0) is 69.4. The summed E-state index contributed by atoms with van der Waals surface area (Å²) >= 11 is 0. The van der Waals surface area contributed by atoms with Crippen molar-refractivity contribution in [1.82, 2.24) is 47.4 Å². The molecule has 38 nitrogen and oxygen atoms in total. The van der Waals surface area contributed by atoms with Gasteiger partial charge in [-0.05, 0) is 140 Å². The lowest BCUT2D eigenvalue weighted by atomic mass is 10.0. The number of rotatable bonds is 46. The van der Waals surface area contributed by atoms with Crippen LogP contribution in [0.2, 0.25) is 0 Å². The van der Waals surface area contributed by atoms with Crippen molar-refractivity contribution in [2.45, 2.75) is 170 Å². The van der Waals surface area contributed by atoms with E-state index in [2.05, 4.69) is 67.5 Å². The zero-order valence-corrected chi connectivity index (χ0v) is 52.8. The summed E-state index contributed by atoms with van der Waals surface area (Å²) in [6.45, 7) is 0.784. The average Bonchev–Trinajstić information content (AvgIpc) is 1.85. The van der Waals surface area contributed by atoms with Crippen LogP contribution in [0.4, 0.5) is 0 Å². The van der Waals surface area contributed by atoms with Crippen molar-refractivity contribution in [2.75, 3.05) is 52.4 Å². The fourth-order valence-corrected chi connectivity index (χ4v) is 9.61. The lowest BCUT2D eigenvalue weighted by molar-refractivity contribution is -0.139. The summed E-state index contributed by atoms with van der Waals surface area (Å²) in [7, 11) is 0. The largest absolute Gasteiger partial charge is 0.508 e. The zero-order valence-electron chi connectivity index (χ0n) is 52.8. The molecule has 8 atom stereocenters. The minimum atomic E-state index is -1.50. The Hall–Kier alpha value is -9.56. The van der Waals surface area contributed by atoms with Crippen LogP contribution < -0.4 is 123 Å². The third-order valence-corrected chi connectivity index (χ3v) is 14.3. The second kappa shape index (κ2) is 44.0. The number of phenolic OH excluding ortho intramolecular Hbond substituents is 1. The van der Waals surface area contributed by atoms with Crippen LogP contribution in [0.15, 0.2) is 49.2 Å². The van der Waals surface area contributed by atoms with Gasteiger partial charge >= 0.3 is 0 Å². The summed E-state index contributed by atoms with van der Waals surface area (Å²) < 4.78 is 0. The van der Waals surface area contributed by atoms with Crippen LogP contribution in [-0.2, 0) is 49.6 Å². The number of guanidine groups is 5. The molecule has 0 unspecified atom stereocenters. The maximum atomic E-state index is 14.7. The molecule has 37 N–H and O–H groups in total. The second-order valence-electron chi connectivity index (χ2n) is 22.1. The molecule has 0 bridgehead atoms. The number of benzene rings is 1.